The lowest BCUT2D eigenvalue weighted by molar-refractivity contribution is -0.112. The number of aliphatic hydroxyl groups excluding tert-OH is 1. The largest absolute Gasteiger partial charge is 0.511 e. The van der Waals surface area contributed by atoms with Crippen LogP contribution < -0.4 is 5.32 Å². The normalized spacial score (nSPS) is 11.4. The number of nitrogens with zero attached hydrogens (tertiary/aromatic N) is 1. The number of carbonyl (C=O) groups excluding carboxylic acids is 1. The van der Waals surface area contributed by atoms with Gasteiger partial charge < -0.3 is 10.4 Å². The third-order valence-electron chi connectivity index (χ3n) is 2.73. The van der Waals surface area contributed by atoms with Gasteiger partial charge in [-0.2, -0.15) is 5.26 Å². The zero-order valence-corrected chi connectivity index (χ0v) is 11.2. The number of unbranched alkanes of at least 4 members (excludes halogenated alkanes) is 1. The summed E-state index contributed by atoms with van der Waals surface area (Å²) in [6.45, 7) is 3.45. The maximum Gasteiger partial charge on any atom is 0.269 e. The Bertz CT molecular complexity index is 506. The molecule has 4 heteroatoms. The summed E-state index contributed by atoms with van der Waals surface area (Å²) < 4.78 is 0. The highest BCUT2D eigenvalue weighted by molar-refractivity contribution is 6.06. The lowest BCUT2D eigenvalue weighted by Crippen LogP contribution is -2.14. The second-order valence-corrected chi connectivity index (χ2v) is 4.33. The van der Waals surface area contributed by atoms with Crippen molar-refractivity contribution in [3.63, 3.8) is 0 Å². The summed E-state index contributed by atoms with van der Waals surface area (Å²) in [5.74, 6) is -0.872. The van der Waals surface area contributed by atoms with Gasteiger partial charge >= 0.3 is 0 Å². The molecule has 0 saturated carbocycles. The molecule has 19 heavy (non-hydrogen) atoms. The fourth-order valence-corrected chi connectivity index (χ4v) is 1.63. The van der Waals surface area contributed by atoms with E-state index < -0.39 is 5.91 Å². The number of nitrogens with one attached hydrogen (secondary N) is 1. The van der Waals surface area contributed by atoms with E-state index in [1.54, 1.807) is 18.2 Å². The van der Waals surface area contributed by atoms with Crippen LogP contribution in [0.15, 0.2) is 35.6 Å². The third kappa shape index (κ3) is 4.47. The molecule has 4 nitrogen and oxygen atoms in total. The first kappa shape index (κ1) is 14.8. The molecule has 0 aliphatic heterocycles. The molecule has 0 aromatic heterocycles. The first-order valence-corrected chi connectivity index (χ1v) is 6.28. The Labute approximate surface area is 113 Å². The molecule has 1 amide bonds. The Hall–Kier alpha value is -2.28. The van der Waals surface area contributed by atoms with E-state index in [2.05, 4.69) is 12.2 Å². The summed E-state index contributed by atoms with van der Waals surface area (Å²) in [4.78, 5) is 11.7. The van der Waals surface area contributed by atoms with Crippen molar-refractivity contribution in [1.82, 2.24) is 0 Å². The van der Waals surface area contributed by atoms with Crippen LogP contribution >= 0.6 is 0 Å². The number of amides is 1. The second kappa shape index (κ2) is 7.22. The molecular weight excluding hydrogens is 240 g/mol. The van der Waals surface area contributed by atoms with E-state index in [1.165, 1.54) is 12.5 Å². The van der Waals surface area contributed by atoms with Crippen LogP contribution in [-0.4, -0.2) is 11.0 Å². The third-order valence-corrected chi connectivity index (χ3v) is 2.73. The Morgan fingerprint density at radius 1 is 1.37 bits per heavy atom. The Kier molecular flexibility index (Phi) is 5.62. The van der Waals surface area contributed by atoms with Crippen molar-refractivity contribution in [3.05, 3.63) is 41.2 Å². The number of nitriles is 1. The highest BCUT2D eigenvalue weighted by Gasteiger charge is 2.12. The van der Waals surface area contributed by atoms with Crippen molar-refractivity contribution in [3.8, 4) is 6.07 Å². The van der Waals surface area contributed by atoms with Crippen LogP contribution in [0.4, 0.5) is 5.69 Å². The van der Waals surface area contributed by atoms with Crippen molar-refractivity contribution in [2.45, 2.75) is 33.1 Å². The molecule has 100 valence electrons. The van der Waals surface area contributed by atoms with E-state index >= 15 is 0 Å². The van der Waals surface area contributed by atoms with Gasteiger partial charge in [0.1, 0.15) is 11.8 Å². The molecule has 0 spiro atoms. The molecule has 0 aliphatic rings. The van der Waals surface area contributed by atoms with E-state index in [0.29, 0.717) is 5.69 Å². The number of benzene rings is 1. The van der Waals surface area contributed by atoms with Crippen molar-refractivity contribution in [2.24, 2.45) is 0 Å². The molecule has 0 radical (unpaired) electrons. The number of aliphatic hydroxyl groups is 1. The second-order valence-electron chi connectivity index (χ2n) is 4.33. The van der Waals surface area contributed by atoms with Crippen LogP contribution in [0.1, 0.15) is 32.3 Å². The number of anilines is 1. The summed E-state index contributed by atoms with van der Waals surface area (Å²) in [5, 5.41) is 20.5. The predicted octanol–water partition coefficient (Wildman–Crippen LogP) is 3.32. The smallest absolute Gasteiger partial charge is 0.269 e. The van der Waals surface area contributed by atoms with Gasteiger partial charge in [0, 0.05) is 5.69 Å². The van der Waals surface area contributed by atoms with E-state index in [9.17, 15) is 9.90 Å². The summed E-state index contributed by atoms with van der Waals surface area (Å²) in [6.07, 6.45) is 3.30. The van der Waals surface area contributed by atoms with Crippen LogP contribution in [0.3, 0.4) is 0 Å². The molecule has 1 aromatic rings. The number of hydrogen-bond donors (Lipinski definition) is 2. The topological polar surface area (TPSA) is 73.1 Å². The lowest BCUT2D eigenvalue weighted by Gasteiger charge is -2.06. The van der Waals surface area contributed by atoms with Crippen LogP contribution in [0.2, 0.25) is 0 Å². The number of allylic oxidation sites excluding steroid dienone is 1. The minimum atomic E-state index is -0.594. The highest BCUT2D eigenvalue weighted by atomic mass is 16.3. The van der Waals surface area contributed by atoms with E-state index in [0.717, 1.165) is 19.3 Å². The monoisotopic (exact) mass is 258 g/mol. The molecule has 0 bridgehead atoms. The highest BCUT2D eigenvalue weighted by Crippen LogP contribution is 2.13. The quantitative estimate of drug-likeness (QED) is 0.483. The molecule has 0 atom stereocenters. The van der Waals surface area contributed by atoms with Crippen LogP contribution in [0.25, 0.3) is 0 Å². The standard InChI is InChI=1S/C15H18N2O2/c1-3-4-5-12-6-8-13(9-7-12)17-15(19)14(10-16)11(2)18/h6-9,18H,3-5H2,1-2H3,(H,17,19)/b14-11-. The number of aryl methyl sites for hydroxylation is 1. The number of rotatable bonds is 5. The average molecular weight is 258 g/mol. The minimum Gasteiger partial charge on any atom is -0.511 e. The molecule has 0 aliphatic carbocycles. The fourth-order valence-electron chi connectivity index (χ4n) is 1.63. The van der Waals surface area contributed by atoms with Gasteiger partial charge in [-0.25, -0.2) is 0 Å². The van der Waals surface area contributed by atoms with Crippen molar-refractivity contribution >= 4 is 11.6 Å². The van der Waals surface area contributed by atoms with E-state index in [-0.39, 0.29) is 11.3 Å². The molecule has 1 rings (SSSR count). The fraction of sp³-hybridized carbons (Fsp3) is 0.333. The van der Waals surface area contributed by atoms with Crippen molar-refractivity contribution in [1.29, 1.82) is 5.26 Å². The molecular formula is C15H18N2O2. The maximum atomic E-state index is 11.7. The van der Waals surface area contributed by atoms with Gasteiger partial charge in [-0.05, 0) is 37.5 Å². The minimum absolute atomic E-state index is 0.268. The number of carbonyl (C=O) groups is 1. The zero-order valence-electron chi connectivity index (χ0n) is 11.2. The predicted molar refractivity (Wildman–Crippen MR) is 74.6 cm³/mol. The van der Waals surface area contributed by atoms with Gasteiger partial charge in [-0.15, -0.1) is 0 Å². The first-order chi connectivity index (χ1) is 9.08. The first-order valence-electron chi connectivity index (χ1n) is 6.28. The van der Waals surface area contributed by atoms with Gasteiger partial charge in [0.05, 0.1) is 0 Å². The SMILES string of the molecule is CCCCc1ccc(NC(=O)/C(C#N)=C(/C)O)cc1. The van der Waals surface area contributed by atoms with Gasteiger partial charge in [0.2, 0.25) is 0 Å². The Morgan fingerprint density at radius 2 is 2.00 bits per heavy atom. The van der Waals surface area contributed by atoms with Gasteiger partial charge in [0.15, 0.2) is 5.57 Å². The molecule has 0 fully saturated rings. The summed E-state index contributed by atoms with van der Waals surface area (Å²) in [6, 6.07) is 9.17. The molecule has 0 saturated heterocycles. The maximum absolute atomic E-state index is 11.7. The molecule has 2 N–H and O–H groups in total. The van der Waals surface area contributed by atoms with E-state index in [1.807, 2.05) is 12.1 Å². The Balaban J connectivity index is 2.71. The number of hydrogen-bond acceptors (Lipinski definition) is 3. The van der Waals surface area contributed by atoms with Gasteiger partial charge in [-0.3, -0.25) is 4.79 Å². The molecule has 1 aromatic carbocycles. The molecule has 0 heterocycles. The zero-order chi connectivity index (χ0) is 14.3. The van der Waals surface area contributed by atoms with Crippen LogP contribution in [0.5, 0.6) is 0 Å². The van der Waals surface area contributed by atoms with Gasteiger partial charge in [0.25, 0.3) is 5.91 Å². The summed E-state index contributed by atoms with van der Waals surface area (Å²) in [7, 11) is 0. The average Bonchev–Trinajstić information content (AvgIpc) is 2.38. The summed E-state index contributed by atoms with van der Waals surface area (Å²) in [5.41, 5.74) is 1.56. The summed E-state index contributed by atoms with van der Waals surface area (Å²) >= 11 is 0. The van der Waals surface area contributed by atoms with E-state index in [4.69, 9.17) is 5.26 Å². The lowest BCUT2D eigenvalue weighted by atomic mass is 10.1. The van der Waals surface area contributed by atoms with Crippen LogP contribution in [0, 0.1) is 11.3 Å². The van der Waals surface area contributed by atoms with Crippen LogP contribution in [-0.2, 0) is 11.2 Å². The Morgan fingerprint density at radius 3 is 2.47 bits per heavy atom. The van der Waals surface area contributed by atoms with Crippen molar-refractivity contribution < 1.29 is 9.90 Å². The van der Waals surface area contributed by atoms with Gasteiger partial charge in [-0.1, -0.05) is 25.5 Å². The van der Waals surface area contributed by atoms with Crippen molar-refractivity contribution in [2.75, 3.05) is 5.32 Å². The molecule has 0 unspecified atom stereocenters.